The number of ether oxygens (including phenoxy) is 1. The largest absolute Gasteiger partial charge is 0.462 e. The molecule has 0 aliphatic heterocycles. The Labute approximate surface area is 84.6 Å². The summed E-state index contributed by atoms with van der Waals surface area (Å²) in [5, 5.41) is 0. The number of hydrogen-bond acceptors (Lipinski definition) is 4. The molecule has 0 radical (unpaired) electrons. The molecule has 0 aliphatic carbocycles. The molecule has 14 heavy (non-hydrogen) atoms. The predicted octanol–water partition coefficient (Wildman–Crippen LogP) is -0.430. The Bertz CT molecular complexity index is 204. The minimum atomic E-state index is -0.808. The van der Waals surface area contributed by atoms with Crippen LogP contribution in [0.3, 0.4) is 0 Å². The van der Waals surface area contributed by atoms with Crippen LogP contribution in [0.1, 0.15) is 6.42 Å². The molecule has 0 N–H and O–H groups in total. The molecule has 0 saturated heterocycles. The van der Waals surface area contributed by atoms with Crippen LogP contribution in [-0.4, -0.2) is 63.0 Å². The highest BCUT2D eigenvalue weighted by molar-refractivity contribution is 6.32. The quantitative estimate of drug-likeness (QED) is 0.458. The number of likely N-dealkylation sites (N-methyl/N-ethyl adjacent to an activating group) is 1. The predicted molar refractivity (Wildman–Crippen MR) is 52.8 cm³/mol. The van der Waals surface area contributed by atoms with Gasteiger partial charge in [0, 0.05) is 13.6 Å². The van der Waals surface area contributed by atoms with Crippen molar-refractivity contribution in [2.75, 3.05) is 41.3 Å². The molecule has 0 aromatic rings. The first kappa shape index (κ1) is 12.9. The molecule has 5 nitrogen and oxygen atoms in total. The Morgan fingerprint density at radius 3 is 2.14 bits per heavy atom. The molecule has 1 amide bonds. The van der Waals surface area contributed by atoms with Gasteiger partial charge in [-0.05, 0) is 27.1 Å². The van der Waals surface area contributed by atoms with Gasteiger partial charge in [0.05, 0.1) is 7.11 Å². The molecule has 0 bridgehead atoms. The van der Waals surface area contributed by atoms with Gasteiger partial charge in [0.15, 0.2) is 0 Å². The molecule has 0 aliphatic rings. The molecule has 0 aromatic heterocycles. The van der Waals surface area contributed by atoms with Crippen LogP contribution in [0.2, 0.25) is 0 Å². The van der Waals surface area contributed by atoms with E-state index in [1.54, 1.807) is 7.05 Å². The van der Waals surface area contributed by atoms with Crippen LogP contribution in [0.5, 0.6) is 0 Å². The number of rotatable bonds is 4. The second-order valence-corrected chi connectivity index (χ2v) is 3.38. The van der Waals surface area contributed by atoms with Crippen molar-refractivity contribution in [2.45, 2.75) is 6.42 Å². The van der Waals surface area contributed by atoms with E-state index in [1.165, 1.54) is 12.0 Å². The summed E-state index contributed by atoms with van der Waals surface area (Å²) in [6, 6.07) is 0. The number of nitrogens with zero attached hydrogens (tertiary/aromatic N) is 2. The molecule has 0 rings (SSSR count). The SMILES string of the molecule is COC(=O)C(=O)N(C)CCCN(C)C. The molecule has 82 valence electrons. The van der Waals surface area contributed by atoms with Crippen molar-refractivity contribution < 1.29 is 14.3 Å². The van der Waals surface area contributed by atoms with E-state index in [2.05, 4.69) is 4.74 Å². The summed E-state index contributed by atoms with van der Waals surface area (Å²) in [7, 11) is 6.72. The number of amides is 1. The van der Waals surface area contributed by atoms with Crippen molar-refractivity contribution in [3.05, 3.63) is 0 Å². The lowest BCUT2D eigenvalue weighted by molar-refractivity contribution is -0.157. The Kier molecular flexibility index (Phi) is 5.87. The fourth-order valence-corrected chi connectivity index (χ4v) is 0.969. The normalized spacial score (nSPS) is 10.1. The van der Waals surface area contributed by atoms with Gasteiger partial charge in [-0.2, -0.15) is 0 Å². The maximum absolute atomic E-state index is 11.2. The van der Waals surface area contributed by atoms with Crippen LogP contribution in [0, 0.1) is 0 Å². The molecule has 0 spiro atoms. The Hall–Kier alpha value is -1.10. The average Bonchev–Trinajstić information content (AvgIpc) is 2.14. The molecule has 0 heterocycles. The molecule has 0 fully saturated rings. The zero-order valence-corrected chi connectivity index (χ0v) is 9.24. The monoisotopic (exact) mass is 202 g/mol. The first-order valence-electron chi connectivity index (χ1n) is 4.47. The Balaban J connectivity index is 3.79. The van der Waals surface area contributed by atoms with E-state index in [-0.39, 0.29) is 0 Å². The van der Waals surface area contributed by atoms with Gasteiger partial charge in [0.1, 0.15) is 0 Å². The first-order valence-corrected chi connectivity index (χ1v) is 4.47. The van der Waals surface area contributed by atoms with Gasteiger partial charge in [-0.25, -0.2) is 4.79 Å². The highest BCUT2D eigenvalue weighted by Gasteiger charge is 2.18. The summed E-state index contributed by atoms with van der Waals surface area (Å²) in [5.41, 5.74) is 0. The van der Waals surface area contributed by atoms with Gasteiger partial charge >= 0.3 is 11.9 Å². The molecular formula is C9H18N2O3. The first-order chi connectivity index (χ1) is 6.49. The molecule has 0 aromatic carbocycles. The van der Waals surface area contributed by atoms with Crippen LogP contribution in [0.15, 0.2) is 0 Å². The van der Waals surface area contributed by atoms with Gasteiger partial charge < -0.3 is 14.5 Å². The van der Waals surface area contributed by atoms with Crippen molar-refractivity contribution in [3.8, 4) is 0 Å². The van der Waals surface area contributed by atoms with E-state index >= 15 is 0 Å². The second-order valence-electron chi connectivity index (χ2n) is 3.38. The number of hydrogen-bond donors (Lipinski definition) is 0. The minimum absolute atomic E-state index is 0.562. The highest BCUT2D eigenvalue weighted by Crippen LogP contribution is 1.92. The van der Waals surface area contributed by atoms with E-state index in [0.717, 1.165) is 13.0 Å². The van der Waals surface area contributed by atoms with Gasteiger partial charge in [-0.1, -0.05) is 0 Å². The highest BCUT2D eigenvalue weighted by atomic mass is 16.5. The summed E-state index contributed by atoms with van der Waals surface area (Å²) < 4.78 is 4.32. The van der Waals surface area contributed by atoms with Crippen LogP contribution >= 0.6 is 0 Å². The number of carbonyl (C=O) groups is 2. The molecule has 0 saturated carbocycles. The summed E-state index contributed by atoms with van der Waals surface area (Å²) in [5.74, 6) is -1.40. The van der Waals surface area contributed by atoms with Crippen molar-refractivity contribution >= 4 is 11.9 Å². The third-order valence-corrected chi connectivity index (χ3v) is 1.81. The summed E-state index contributed by atoms with van der Waals surface area (Å²) in [4.78, 5) is 25.4. The van der Waals surface area contributed by atoms with Crippen LogP contribution in [-0.2, 0) is 14.3 Å². The van der Waals surface area contributed by atoms with E-state index in [0.29, 0.717) is 6.54 Å². The number of methoxy groups -OCH3 is 1. The molecule has 0 unspecified atom stereocenters. The van der Waals surface area contributed by atoms with Gasteiger partial charge in [-0.15, -0.1) is 0 Å². The average molecular weight is 202 g/mol. The summed E-state index contributed by atoms with van der Waals surface area (Å²) >= 11 is 0. The maximum atomic E-state index is 11.2. The molecule has 5 heteroatoms. The second kappa shape index (κ2) is 6.37. The zero-order chi connectivity index (χ0) is 11.1. The van der Waals surface area contributed by atoms with Crippen molar-refractivity contribution in [2.24, 2.45) is 0 Å². The minimum Gasteiger partial charge on any atom is -0.462 e. The lowest BCUT2D eigenvalue weighted by atomic mass is 10.3. The van der Waals surface area contributed by atoms with Gasteiger partial charge in [-0.3, -0.25) is 4.79 Å². The lowest BCUT2D eigenvalue weighted by Gasteiger charge is -2.16. The van der Waals surface area contributed by atoms with Crippen molar-refractivity contribution in [1.82, 2.24) is 9.80 Å². The lowest BCUT2D eigenvalue weighted by Crippen LogP contribution is -2.35. The third-order valence-electron chi connectivity index (χ3n) is 1.81. The standard InChI is InChI=1S/C9H18N2O3/c1-10(2)6-5-7-11(3)8(12)9(13)14-4/h5-7H2,1-4H3. The van der Waals surface area contributed by atoms with E-state index in [9.17, 15) is 9.59 Å². The van der Waals surface area contributed by atoms with E-state index in [1.807, 2.05) is 19.0 Å². The van der Waals surface area contributed by atoms with E-state index < -0.39 is 11.9 Å². The zero-order valence-electron chi connectivity index (χ0n) is 9.24. The topological polar surface area (TPSA) is 49.9 Å². The van der Waals surface area contributed by atoms with Crippen molar-refractivity contribution in [1.29, 1.82) is 0 Å². The van der Waals surface area contributed by atoms with Gasteiger partial charge in [0.2, 0.25) is 0 Å². The Morgan fingerprint density at radius 1 is 1.14 bits per heavy atom. The van der Waals surface area contributed by atoms with Gasteiger partial charge in [0.25, 0.3) is 0 Å². The maximum Gasteiger partial charge on any atom is 0.396 e. The fourth-order valence-electron chi connectivity index (χ4n) is 0.969. The third kappa shape index (κ3) is 4.81. The number of carbonyl (C=O) groups excluding carboxylic acids is 2. The Morgan fingerprint density at radius 2 is 1.71 bits per heavy atom. The summed E-state index contributed by atoms with van der Waals surface area (Å²) in [6.07, 6.45) is 0.840. The van der Waals surface area contributed by atoms with Crippen LogP contribution in [0.4, 0.5) is 0 Å². The molecular weight excluding hydrogens is 184 g/mol. The molecule has 0 atom stereocenters. The smallest absolute Gasteiger partial charge is 0.396 e. The van der Waals surface area contributed by atoms with Crippen LogP contribution in [0.25, 0.3) is 0 Å². The van der Waals surface area contributed by atoms with E-state index in [4.69, 9.17) is 0 Å². The summed E-state index contributed by atoms with van der Waals surface area (Å²) in [6.45, 7) is 1.45. The fraction of sp³-hybridized carbons (Fsp3) is 0.778. The van der Waals surface area contributed by atoms with Crippen molar-refractivity contribution in [3.63, 3.8) is 0 Å². The number of esters is 1. The van der Waals surface area contributed by atoms with Crippen LogP contribution < -0.4 is 0 Å².